The average molecular weight is 175 g/mol. The summed E-state index contributed by atoms with van der Waals surface area (Å²) in [6.45, 7) is 3.61. The van der Waals surface area contributed by atoms with Gasteiger partial charge in [-0.2, -0.15) is 11.8 Å². The lowest BCUT2D eigenvalue weighted by atomic mass is 10.2. The molecule has 0 radical (unpaired) electrons. The van der Waals surface area contributed by atoms with Crippen molar-refractivity contribution in [1.29, 1.82) is 0 Å². The maximum Gasteiger partial charge on any atom is 0.0636 e. The molecule has 0 bridgehead atoms. The first-order chi connectivity index (χ1) is 5.29. The summed E-state index contributed by atoms with van der Waals surface area (Å²) in [7, 11) is 0. The summed E-state index contributed by atoms with van der Waals surface area (Å²) in [5.41, 5.74) is 0. The van der Waals surface area contributed by atoms with Crippen molar-refractivity contribution >= 4 is 11.8 Å². The van der Waals surface area contributed by atoms with E-state index in [0.29, 0.717) is 0 Å². The summed E-state index contributed by atoms with van der Waals surface area (Å²) in [6.07, 6.45) is 2.50. The van der Waals surface area contributed by atoms with E-state index in [1.54, 1.807) is 0 Å². The molecule has 11 heavy (non-hydrogen) atoms. The molecule has 0 amide bonds. The molecule has 2 N–H and O–H groups in total. The highest BCUT2D eigenvalue weighted by Crippen LogP contribution is 2.24. The Balaban J connectivity index is 1.94. The number of thioether (sulfide) groups is 1. The molecular weight excluding hydrogens is 158 g/mol. The van der Waals surface area contributed by atoms with Crippen molar-refractivity contribution in [3.05, 3.63) is 0 Å². The van der Waals surface area contributed by atoms with E-state index in [-0.39, 0.29) is 6.10 Å². The van der Waals surface area contributed by atoms with Crippen molar-refractivity contribution in [1.82, 2.24) is 5.32 Å². The Kier molecular flexibility index (Phi) is 4.26. The van der Waals surface area contributed by atoms with Crippen LogP contribution in [0.4, 0.5) is 0 Å². The van der Waals surface area contributed by atoms with Crippen LogP contribution in [0.5, 0.6) is 0 Å². The van der Waals surface area contributed by atoms with Gasteiger partial charge in [0.15, 0.2) is 0 Å². The molecule has 2 atom stereocenters. The van der Waals surface area contributed by atoms with Gasteiger partial charge in [0.25, 0.3) is 0 Å². The van der Waals surface area contributed by atoms with Gasteiger partial charge in [-0.1, -0.05) is 0 Å². The Morgan fingerprint density at radius 1 is 1.73 bits per heavy atom. The molecular formula is C8H17NOS. The minimum Gasteiger partial charge on any atom is -0.392 e. The minimum atomic E-state index is -0.207. The lowest BCUT2D eigenvalue weighted by molar-refractivity contribution is 0.191. The van der Waals surface area contributed by atoms with Gasteiger partial charge < -0.3 is 10.4 Å². The SMILES string of the molecule is C[C@H](O)CNCC1CCCS1. The normalized spacial score (nSPS) is 27.3. The maximum absolute atomic E-state index is 8.96. The zero-order valence-electron chi connectivity index (χ0n) is 7.05. The second-order valence-electron chi connectivity index (χ2n) is 3.14. The highest BCUT2D eigenvalue weighted by atomic mass is 32.2. The van der Waals surface area contributed by atoms with E-state index in [1.807, 2.05) is 18.7 Å². The predicted molar refractivity (Wildman–Crippen MR) is 50.0 cm³/mol. The van der Waals surface area contributed by atoms with Gasteiger partial charge >= 0.3 is 0 Å². The van der Waals surface area contributed by atoms with Crippen LogP contribution in [0.2, 0.25) is 0 Å². The van der Waals surface area contributed by atoms with Crippen LogP contribution in [-0.4, -0.2) is 35.3 Å². The highest BCUT2D eigenvalue weighted by Gasteiger charge is 2.14. The van der Waals surface area contributed by atoms with Gasteiger partial charge in [-0.05, 0) is 25.5 Å². The fourth-order valence-electron chi connectivity index (χ4n) is 1.26. The molecule has 1 aliphatic heterocycles. The van der Waals surface area contributed by atoms with Gasteiger partial charge in [-0.3, -0.25) is 0 Å². The molecule has 0 aromatic rings. The Morgan fingerprint density at radius 3 is 3.09 bits per heavy atom. The van der Waals surface area contributed by atoms with Gasteiger partial charge in [-0.25, -0.2) is 0 Å². The van der Waals surface area contributed by atoms with Crippen molar-refractivity contribution in [2.24, 2.45) is 0 Å². The summed E-state index contributed by atoms with van der Waals surface area (Å²) in [6, 6.07) is 0. The van der Waals surface area contributed by atoms with Crippen LogP contribution < -0.4 is 5.32 Å². The van der Waals surface area contributed by atoms with Crippen LogP contribution in [0.25, 0.3) is 0 Å². The van der Waals surface area contributed by atoms with Crippen LogP contribution in [-0.2, 0) is 0 Å². The largest absolute Gasteiger partial charge is 0.392 e. The molecule has 66 valence electrons. The number of rotatable bonds is 4. The zero-order valence-corrected chi connectivity index (χ0v) is 7.86. The van der Waals surface area contributed by atoms with Crippen molar-refractivity contribution in [3.63, 3.8) is 0 Å². The van der Waals surface area contributed by atoms with Crippen LogP contribution in [0.3, 0.4) is 0 Å². The van der Waals surface area contributed by atoms with E-state index in [9.17, 15) is 0 Å². The fraction of sp³-hybridized carbons (Fsp3) is 1.00. The van der Waals surface area contributed by atoms with E-state index in [1.165, 1.54) is 18.6 Å². The number of aliphatic hydroxyl groups excluding tert-OH is 1. The quantitative estimate of drug-likeness (QED) is 0.664. The summed E-state index contributed by atoms with van der Waals surface area (Å²) >= 11 is 2.05. The van der Waals surface area contributed by atoms with Gasteiger partial charge in [0.2, 0.25) is 0 Å². The van der Waals surface area contributed by atoms with Crippen LogP contribution in [0.1, 0.15) is 19.8 Å². The van der Waals surface area contributed by atoms with E-state index in [4.69, 9.17) is 5.11 Å². The average Bonchev–Trinajstić information content (AvgIpc) is 2.39. The van der Waals surface area contributed by atoms with E-state index < -0.39 is 0 Å². The number of hydrogen-bond donors (Lipinski definition) is 2. The van der Waals surface area contributed by atoms with Crippen molar-refractivity contribution in [2.45, 2.75) is 31.1 Å². The second kappa shape index (κ2) is 5.01. The van der Waals surface area contributed by atoms with E-state index >= 15 is 0 Å². The minimum absolute atomic E-state index is 0.207. The standard InChI is InChI=1S/C8H17NOS/c1-7(10)5-9-6-8-3-2-4-11-8/h7-10H,2-6H2,1H3/t7-,8?/m0/s1. The maximum atomic E-state index is 8.96. The molecule has 1 fully saturated rings. The van der Waals surface area contributed by atoms with Crippen molar-refractivity contribution < 1.29 is 5.11 Å². The predicted octanol–water partition coefficient (Wildman–Crippen LogP) is 0.852. The third-order valence-corrected chi connectivity index (χ3v) is 3.23. The smallest absolute Gasteiger partial charge is 0.0636 e. The molecule has 0 aromatic heterocycles. The number of aliphatic hydroxyl groups is 1. The Hall–Kier alpha value is 0.270. The van der Waals surface area contributed by atoms with Crippen LogP contribution in [0, 0.1) is 0 Å². The molecule has 1 saturated heterocycles. The first-order valence-electron chi connectivity index (χ1n) is 4.29. The summed E-state index contributed by atoms with van der Waals surface area (Å²) in [5, 5.41) is 13.0. The van der Waals surface area contributed by atoms with Gasteiger partial charge in [0.1, 0.15) is 0 Å². The van der Waals surface area contributed by atoms with Gasteiger partial charge in [0, 0.05) is 18.3 Å². The monoisotopic (exact) mass is 175 g/mol. The first kappa shape index (κ1) is 9.36. The second-order valence-corrected chi connectivity index (χ2v) is 4.55. The highest BCUT2D eigenvalue weighted by molar-refractivity contribution is 8.00. The summed E-state index contributed by atoms with van der Waals surface area (Å²) in [4.78, 5) is 0. The Labute approximate surface area is 72.8 Å². The van der Waals surface area contributed by atoms with Crippen molar-refractivity contribution in [2.75, 3.05) is 18.8 Å². The molecule has 2 nitrogen and oxygen atoms in total. The number of nitrogens with one attached hydrogen (secondary N) is 1. The van der Waals surface area contributed by atoms with Crippen LogP contribution >= 0.6 is 11.8 Å². The lowest BCUT2D eigenvalue weighted by Crippen LogP contribution is -2.29. The van der Waals surface area contributed by atoms with E-state index in [2.05, 4.69) is 5.32 Å². The Bertz CT molecular complexity index is 102. The molecule has 3 heteroatoms. The van der Waals surface area contributed by atoms with Gasteiger partial charge in [-0.15, -0.1) is 0 Å². The van der Waals surface area contributed by atoms with Crippen molar-refractivity contribution in [3.8, 4) is 0 Å². The first-order valence-corrected chi connectivity index (χ1v) is 5.34. The zero-order chi connectivity index (χ0) is 8.10. The molecule has 0 aliphatic carbocycles. The molecule has 0 saturated carbocycles. The Morgan fingerprint density at radius 2 is 2.55 bits per heavy atom. The molecule has 1 heterocycles. The third-order valence-electron chi connectivity index (χ3n) is 1.84. The fourth-order valence-corrected chi connectivity index (χ4v) is 2.49. The molecule has 1 unspecified atom stereocenters. The third kappa shape index (κ3) is 3.99. The summed E-state index contributed by atoms with van der Waals surface area (Å²) < 4.78 is 0. The van der Waals surface area contributed by atoms with Gasteiger partial charge in [0.05, 0.1) is 6.10 Å². The summed E-state index contributed by atoms with van der Waals surface area (Å²) in [5.74, 6) is 1.32. The van der Waals surface area contributed by atoms with E-state index in [0.717, 1.165) is 18.3 Å². The topological polar surface area (TPSA) is 32.3 Å². The number of hydrogen-bond acceptors (Lipinski definition) is 3. The lowest BCUT2D eigenvalue weighted by Gasteiger charge is -2.10. The molecule has 1 aliphatic rings. The molecule has 0 aromatic carbocycles. The molecule has 0 spiro atoms. The molecule has 1 rings (SSSR count). The van der Waals surface area contributed by atoms with Crippen LogP contribution in [0.15, 0.2) is 0 Å².